The summed E-state index contributed by atoms with van der Waals surface area (Å²) in [5, 5.41) is 0. The molecule has 0 fully saturated rings. The zero-order valence-corrected chi connectivity index (χ0v) is 25.3. The van der Waals surface area contributed by atoms with E-state index in [-0.39, 0.29) is 10.8 Å². The Morgan fingerprint density at radius 1 is 0.452 bits per heavy atom. The average Bonchev–Trinajstić information content (AvgIpc) is 3.61. The standard InChI is InChI=1S/C38H38N4/c1-37(2,35-39-25-33(41(35)5)27-15-9-7-10-16-27)31-21-13-19-29(23-31)30-20-14-22-32(24-30)38(3,4)36-40-26-34(42(36)6)28-17-11-8-12-18-28/h7-26H,1-6H3. The molecule has 0 radical (unpaired) electrons. The van der Waals surface area contributed by atoms with E-state index in [1.165, 1.54) is 33.4 Å². The van der Waals surface area contributed by atoms with Gasteiger partial charge < -0.3 is 9.13 Å². The second-order valence-electron chi connectivity index (χ2n) is 12.2. The fraction of sp³-hybridized carbons (Fsp3) is 0.211. The van der Waals surface area contributed by atoms with E-state index in [4.69, 9.17) is 9.97 Å². The molecule has 0 saturated heterocycles. The predicted molar refractivity (Wildman–Crippen MR) is 173 cm³/mol. The Morgan fingerprint density at radius 2 is 0.810 bits per heavy atom. The van der Waals surface area contributed by atoms with Gasteiger partial charge in [0.05, 0.1) is 23.8 Å². The maximum atomic E-state index is 4.91. The summed E-state index contributed by atoms with van der Waals surface area (Å²) in [5.41, 5.74) is 8.87. The van der Waals surface area contributed by atoms with Crippen LogP contribution in [0.25, 0.3) is 33.6 Å². The van der Waals surface area contributed by atoms with E-state index in [1.807, 2.05) is 24.5 Å². The van der Waals surface area contributed by atoms with E-state index in [1.54, 1.807) is 0 Å². The third-order valence-corrected chi connectivity index (χ3v) is 8.74. The van der Waals surface area contributed by atoms with Crippen molar-refractivity contribution in [2.45, 2.75) is 38.5 Å². The summed E-state index contributed by atoms with van der Waals surface area (Å²) in [5.74, 6) is 2.08. The molecule has 2 aromatic heterocycles. The van der Waals surface area contributed by atoms with Crippen LogP contribution in [0.4, 0.5) is 0 Å². The lowest BCUT2D eigenvalue weighted by molar-refractivity contribution is 0.563. The van der Waals surface area contributed by atoms with Crippen LogP contribution >= 0.6 is 0 Å². The Balaban J connectivity index is 1.33. The van der Waals surface area contributed by atoms with Crippen LogP contribution in [-0.4, -0.2) is 19.1 Å². The van der Waals surface area contributed by atoms with E-state index in [0.29, 0.717) is 0 Å². The van der Waals surface area contributed by atoms with Crippen LogP contribution in [0, 0.1) is 0 Å². The molecule has 6 rings (SSSR count). The first-order valence-corrected chi connectivity index (χ1v) is 14.5. The molecule has 0 aliphatic rings. The van der Waals surface area contributed by atoms with Gasteiger partial charge in [0.2, 0.25) is 0 Å². The second kappa shape index (κ2) is 10.6. The van der Waals surface area contributed by atoms with Crippen LogP contribution in [0.3, 0.4) is 0 Å². The molecule has 210 valence electrons. The van der Waals surface area contributed by atoms with Crippen molar-refractivity contribution >= 4 is 0 Å². The van der Waals surface area contributed by atoms with Crippen LogP contribution in [0.1, 0.15) is 50.5 Å². The first kappa shape index (κ1) is 27.5. The molecule has 42 heavy (non-hydrogen) atoms. The van der Waals surface area contributed by atoms with Gasteiger partial charge >= 0.3 is 0 Å². The van der Waals surface area contributed by atoms with Crippen molar-refractivity contribution in [1.29, 1.82) is 0 Å². The Bertz CT molecular complexity index is 1700. The molecule has 4 nitrogen and oxygen atoms in total. The van der Waals surface area contributed by atoms with Gasteiger partial charge in [0.15, 0.2) is 0 Å². The van der Waals surface area contributed by atoms with Crippen molar-refractivity contribution < 1.29 is 0 Å². The number of hydrogen-bond donors (Lipinski definition) is 0. The summed E-state index contributed by atoms with van der Waals surface area (Å²) < 4.78 is 4.45. The van der Waals surface area contributed by atoms with E-state index in [2.05, 4.69) is 148 Å². The summed E-state index contributed by atoms with van der Waals surface area (Å²) in [6.45, 7) is 9.03. The summed E-state index contributed by atoms with van der Waals surface area (Å²) in [6.07, 6.45) is 3.98. The van der Waals surface area contributed by atoms with Crippen molar-refractivity contribution in [1.82, 2.24) is 19.1 Å². The molecule has 2 heterocycles. The molecule has 0 bridgehead atoms. The molecule has 0 atom stereocenters. The normalized spacial score (nSPS) is 12.0. The van der Waals surface area contributed by atoms with Crippen LogP contribution in [0.15, 0.2) is 122 Å². The number of benzene rings is 4. The van der Waals surface area contributed by atoms with E-state index in [0.717, 1.165) is 23.0 Å². The average molecular weight is 551 g/mol. The monoisotopic (exact) mass is 550 g/mol. The molecular formula is C38H38N4. The second-order valence-corrected chi connectivity index (χ2v) is 12.2. The molecule has 0 N–H and O–H groups in total. The smallest absolute Gasteiger partial charge is 0.119 e. The molecule has 0 spiro atoms. The molecule has 0 aliphatic heterocycles. The highest BCUT2D eigenvalue weighted by molar-refractivity contribution is 5.67. The zero-order chi connectivity index (χ0) is 29.5. The summed E-state index contributed by atoms with van der Waals surface area (Å²) in [6, 6.07) is 38.7. The maximum Gasteiger partial charge on any atom is 0.119 e. The van der Waals surface area contributed by atoms with Crippen LogP contribution in [0.5, 0.6) is 0 Å². The lowest BCUT2D eigenvalue weighted by Crippen LogP contribution is -2.24. The van der Waals surface area contributed by atoms with Gasteiger partial charge in [-0.3, -0.25) is 0 Å². The van der Waals surface area contributed by atoms with E-state index >= 15 is 0 Å². The minimum absolute atomic E-state index is 0.282. The minimum Gasteiger partial charge on any atom is -0.330 e. The van der Waals surface area contributed by atoms with Gasteiger partial charge in [0.1, 0.15) is 11.6 Å². The maximum absolute atomic E-state index is 4.91. The van der Waals surface area contributed by atoms with Crippen LogP contribution in [0.2, 0.25) is 0 Å². The minimum atomic E-state index is -0.282. The van der Waals surface area contributed by atoms with Crippen LogP contribution in [-0.2, 0) is 24.9 Å². The van der Waals surface area contributed by atoms with E-state index in [9.17, 15) is 0 Å². The quantitative estimate of drug-likeness (QED) is 0.199. The first-order chi connectivity index (χ1) is 20.2. The molecule has 0 aliphatic carbocycles. The lowest BCUT2D eigenvalue weighted by atomic mass is 9.80. The molecule has 0 saturated carbocycles. The van der Waals surface area contributed by atoms with Gasteiger partial charge in [0, 0.05) is 24.9 Å². The molecule has 6 aromatic rings. The van der Waals surface area contributed by atoms with Crippen LogP contribution < -0.4 is 0 Å². The Kier molecular flexibility index (Phi) is 6.94. The zero-order valence-electron chi connectivity index (χ0n) is 25.3. The first-order valence-electron chi connectivity index (χ1n) is 14.5. The van der Waals surface area contributed by atoms with Crippen molar-refractivity contribution in [3.63, 3.8) is 0 Å². The predicted octanol–water partition coefficient (Wildman–Crippen LogP) is 8.81. The highest BCUT2D eigenvalue weighted by atomic mass is 15.1. The molecule has 4 aromatic carbocycles. The van der Waals surface area contributed by atoms with Crippen molar-refractivity contribution in [3.05, 3.63) is 144 Å². The Morgan fingerprint density at radius 3 is 1.19 bits per heavy atom. The van der Waals surface area contributed by atoms with Crippen molar-refractivity contribution in [3.8, 4) is 33.6 Å². The lowest BCUT2D eigenvalue weighted by Gasteiger charge is -2.27. The topological polar surface area (TPSA) is 35.6 Å². The summed E-state index contributed by atoms with van der Waals surface area (Å²) in [7, 11) is 4.23. The van der Waals surface area contributed by atoms with Gasteiger partial charge in [0.25, 0.3) is 0 Å². The van der Waals surface area contributed by atoms with Gasteiger partial charge in [-0.1, -0.05) is 109 Å². The van der Waals surface area contributed by atoms with E-state index < -0.39 is 0 Å². The fourth-order valence-electron chi connectivity index (χ4n) is 6.17. The number of hydrogen-bond acceptors (Lipinski definition) is 2. The number of rotatable bonds is 7. The largest absolute Gasteiger partial charge is 0.330 e. The summed E-state index contributed by atoms with van der Waals surface area (Å²) in [4.78, 5) is 9.82. The third kappa shape index (κ3) is 4.77. The Hall–Kier alpha value is -4.70. The number of aromatic nitrogens is 4. The highest BCUT2D eigenvalue weighted by Gasteiger charge is 2.31. The molecular weight excluding hydrogens is 512 g/mol. The molecule has 0 amide bonds. The molecule has 4 heteroatoms. The number of imidazole rings is 2. The molecule has 0 unspecified atom stereocenters. The Labute approximate surface area is 249 Å². The fourth-order valence-corrected chi connectivity index (χ4v) is 6.17. The van der Waals surface area contributed by atoms with Gasteiger partial charge in [-0.25, -0.2) is 9.97 Å². The van der Waals surface area contributed by atoms with Gasteiger partial charge in [-0.2, -0.15) is 0 Å². The highest BCUT2D eigenvalue weighted by Crippen LogP contribution is 2.37. The van der Waals surface area contributed by atoms with Crippen molar-refractivity contribution in [2.24, 2.45) is 14.1 Å². The third-order valence-electron chi connectivity index (χ3n) is 8.74. The summed E-state index contributed by atoms with van der Waals surface area (Å²) >= 11 is 0. The SMILES string of the molecule is Cn1c(-c2ccccc2)cnc1C(C)(C)c1cccc(-c2cccc(C(C)(C)c3ncc(-c4ccccc4)n3C)c2)c1. The number of nitrogens with zero attached hydrogens (tertiary/aromatic N) is 4. The van der Waals surface area contributed by atoms with Gasteiger partial charge in [-0.05, 0) is 61.1 Å². The van der Waals surface area contributed by atoms with Crippen molar-refractivity contribution in [2.75, 3.05) is 0 Å². The van der Waals surface area contributed by atoms with Gasteiger partial charge in [-0.15, -0.1) is 0 Å².